The fourth-order valence-corrected chi connectivity index (χ4v) is 5.35. The van der Waals surface area contributed by atoms with Gasteiger partial charge in [-0.3, -0.25) is 9.59 Å². The number of hydrogen-bond acceptors (Lipinski definition) is 8. The number of carboxylic acid groups (broad SMARTS) is 1. The number of ether oxygens (including phenoxy) is 2. The summed E-state index contributed by atoms with van der Waals surface area (Å²) in [6.07, 6.45) is -1.71. The van der Waals surface area contributed by atoms with Crippen molar-refractivity contribution < 1.29 is 42.1 Å². The van der Waals surface area contributed by atoms with Crippen LogP contribution in [0.1, 0.15) is 43.0 Å². The third-order valence-electron chi connectivity index (χ3n) is 7.46. The van der Waals surface area contributed by atoms with Gasteiger partial charge in [-0.05, 0) is 77.9 Å². The van der Waals surface area contributed by atoms with E-state index in [9.17, 15) is 22.8 Å². The average Bonchev–Trinajstić information content (AvgIpc) is 3.53. The predicted molar refractivity (Wildman–Crippen MR) is 170 cm³/mol. The van der Waals surface area contributed by atoms with E-state index in [4.69, 9.17) is 25.1 Å². The summed E-state index contributed by atoms with van der Waals surface area (Å²) >= 11 is 0. The van der Waals surface area contributed by atoms with Crippen molar-refractivity contribution in [2.75, 3.05) is 37.1 Å². The van der Waals surface area contributed by atoms with E-state index in [1.54, 1.807) is 26.5 Å². The van der Waals surface area contributed by atoms with Crippen LogP contribution in [0.15, 0.2) is 72.9 Å². The molecule has 0 radical (unpaired) electrons. The van der Waals surface area contributed by atoms with Crippen LogP contribution < -0.4 is 25.8 Å². The molecular weight excluding hydrogens is 619 g/mol. The van der Waals surface area contributed by atoms with E-state index in [2.05, 4.69) is 15.6 Å². The maximum absolute atomic E-state index is 14.4. The molecule has 11 nitrogen and oxygen atoms in total. The van der Waals surface area contributed by atoms with Crippen LogP contribution in [0.25, 0.3) is 10.8 Å². The van der Waals surface area contributed by atoms with Gasteiger partial charge < -0.3 is 35.8 Å². The van der Waals surface area contributed by atoms with Crippen LogP contribution in [0.4, 0.5) is 30.4 Å². The summed E-state index contributed by atoms with van der Waals surface area (Å²) in [7, 11) is 3.16. The molecule has 2 heterocycles. The molecule has 1 aliphatic rings. The first kappa shape index (κ1) is 34.3. The topological polar surface area (TPSA) is 156 Å². The van der Waals surface area contributed by atoms with Crippen LogP contribution in [0.2, 0.25) is 0 Å². The van der Waals surface area contributed by atoms with E-state index < -0.39 is 18.2 Å². The second-order valence-corrected chi connectivity index (χ2v) is 10.6. The van der Waals surface area contributed by atoms with Gasteiger partial charge in [-0.2, -0.15) is 13.2 Å². The molecule has 5 rings (SSSR count). The SMILES string of the molecule is COc1ccc([C@@H](Nc2ccc3c(N)nccc3c2)C(=O)N2CCCC2c2cccc(NC(C)=O)c2)cc1OC.O=C(O)C(F)(F)F. The lowest BCUT2D eigenvalue weighted by Crippen LogP contribution is -2.37. The molecule has 0 aliphatic carbocycles. The standard InChI is InChI=1S/C31H33N5O4.C2HF3O2/c1-19(37)34-23-7-4-6-21(17-23)26-8-5-15-36(26)31(38)29(22-9-12-27(39-2)28(18-22)40-3)35-24-10-11-25-20(16-24)13-14-33-30(25)32;3-2(4,5)1(6)7/h4,6-7,9-14,16-18,26,29,35H,5,8,15H2,1-3H3,(H2,32,33)(H,34,37);(H,6,7)/t26?,29-;/m1./s1. The van der Waals surface area contributed by atoms with Crippen molar-refractivity contribution in [3.63, 3.8) is 0 Å². The van der Waals surface area contributed by atoms with E-state index in [1.165, 1.54) is 6.92 Å². The highest BCUT2D eigenvalue weighted by Gasteiger charge is 2.38. The van der Waals surface area contributed by atoms with Gasteiger partial charge in [0.25, 0.3) is 0 Å². The van der Waals surface area contributed by atoms with Crippen molar-refractivity contribution in [2.45, 2.75) is 38.0 Å². The van der Waals surface area contributed by atoms with Gasteiger partial charge in [0.15, 0.2) is 11.5 Å². The van der Waals surface area contributed by atoms with Crippen LogP contribution in [0.5, 0.6) is 11.5 Å². The number of likely N-dealkylation sites (tertiary alicyclic amines) is 1. The number of aromatic nitrogens is 1. The number of carbonyl (C=O) groups is 3. The minimum atomic E-state index is -5.08. The lowest BCUT2D eigenvalue weighted by Gasteiger charge is -2.31. The Morgan fingerprint density at radius 3 is 2.38 bits per heavy atom. The molecule has 0 bridgehead atoms. The summed E-state index contributed by atoms with van der Waals surface area (Å²) in [4.78, 5) is 41.0. The fraction of sp³-hybridized carbons (Fsp3) is 0.273. The molecule has 1 aromatic heterocycles. The number of carboxylic acids is 1. The molecule has 14 heteroatoms. The van der Waals surface area contributed by atoms with Crippen LogP contribution in [0, 0.1) is 0 Å². The number of nitrogens with two attached hydrogens (primary N) is 1. The number of nitrogens with one attached hydrogen (secondary N) is 2. The van der Waals surface area contributed by atoms with Crippen molar-refractivity contribution in [1.82, 2.24) is 9.88 Å². The Bertz CT molecular complexity index is 1770. The van der Waals surface area contributed by atoms with Gasteiger partial charge in [0, 0.05) is 36.4 Å². The van der Waals surface area contributed by atoms with Gasteiger partial charge in [-0.1, -0.05) is 18.2 Å². The number of alkyl halides is 3. The molecular formula is C33H34F3N5O6. The number of pyridine rings is 1. The van der Waals surface area contributed by atoms with Crippen LogP contribution in [-0.4, -0.2) is 59.7 Å². The van der Waals surface area contributed by atoms with E-state index in [-0.39, 0.29) is 17.9 Å². The van der Waals surface area contributed by atoms with E-state index >= 15 is 0 Å². The quantitative estimate of drug-likeness (QED) is 0.181. The molecule has 248 valence electrons. The third-order valence-corrected chi connectivity index (χ3v) is 7.46. The molecule has 1 aliphatic heterocycles. The van der Waals surface area contributed by atoms with E-state index in [0.717, 1.165) is 40.4 Å². The number of nitrogens with zero attached hydrogens (tertiary/aromatic N) is 2. The number of amides is 2. The first-order valence-electron chi connectivity index (χ1n) is 14.4. The number of nitrogen functional groups attached to an aromatic ring is 1. The fourth-order valence-electron chi connectivity index (χ4n) is 5.35. The van der Waals surface area contributed by atoms with Crippen molar-refractivity contribution >= 4 is 45.7 Å². The van der Waals surface area contributed by atoms with E-state index in [0.29, 0.717) is 29.5 Å². The number of rotatable bonds is 8. The van der Waals surface area contributed by atoms with Gasteiger partial charge >= 0.3 is 12.1 Å². The van der Waals surface area contributed by atoms with Crippen molar-refractivity contribution in [1.29, 1.82) is 0 Å². The molecule has 2 atom stereocenters. The summed E-state index contributed by atoms with van der Waals surface area (Å²) in [5.41, 5.74) is 9.27. The molecule has 2 amide bonds. The molecule has 3 aromatic carbocycles. The van der Waals surface area contributed by atoms with Crippen molar-refractivity contribution in [2.24, 2.45) is 0 Å². The van der Waals surface area contributed by atoms with Crippen LogP contribution >= 0.6 is 0 Å². The molecule has 47 heavy (non-hydrogen) atoms. The Morgan fingerprint density at radius 1 is 1.00 bits per heavy atom. The Kier molecular flexibility index (Phi) is 10.7. The number of carbonyl (C=O) groups excluding carboxylic acids is 2. The number of fused-ring (bicyclic) bond motifs is 1. The van der Waals surface area contributed by atoms with Crippen molar-refractivity contribution in [3.05, 3.63) is 84.1 Å². The summed E-state index contributed by atoms with van der Waals surface area (Å²) in [5, 5.41) is 15.2. The number of aliphatic carboxylic acids is 1. The lowest BCUT2D eigenvalue weighted by atomic mass is 10.0. The maximum atomic E-state index is 14.4. The number of anilines is 3. The van der Waals surface area contributed by atoms with Crippen molar-refractivity contribution in [3.8, 4) is 11.5 Å². The minimum Gasteiger partial charge on any atom is -0.493 e. The Labute approximate surface area is 268 Å². The van der Waals surface area contributed by atoms with Gasteiger partial charge in [0.1, 0.15) is 11.9 Å². The predicted octanol–water partition coefficient (Wildman–Crippen LogP) is 5.94. The molecule has 5 N–H and O–H groups in total. The average molecular weight is 654 g/mol. The highest BCUT2D eigenvalue weighted by atomic mass is 19.4. The number of methoxy groups -OCH3 is 2. The second kappa shape index (κ2) is 14.7. The zero-order chi connectivity index (χ0) is 34.3. The smallest absolute Gasteiger partial charge is 0.490 e. The summed E-state index contributed by atoms with van der Waals surface area (Å²) < 4.78 is 42.7. The number of hydrogen-bond donors (Lipinski definition) is 4. The number of benzene rings is 3. The third kappa shape index (κ3) is 8.39. The Balaban J connectivity index is 0.000000644. The maximum Gasteiger partial charge on any atom is 0.490 e. The Hall–Kier alpha value is -5.53. The van der Waals surface area contributed by atoms with Gasteiger partial charge in [-0.15, -0.1) is 0 Å². The first-order valence-corrected chi connectivity index (χ1v) is 14.4. The largest absolute Gasteiger partial charge is 0.493 e. The number of halogens is 3. The zero-order valence-corrected chi connectivity index (χ0v) is 25.8. The Morgan fingerprint density at radius 2 is 1.72 bits per heavy atom. The first-order chi connectivity index (χ1) is 22.3. The van der Waals surface area contributed by atoms with Gasteiger partial charge in [-0.25, -0.2) is 9.78 Å². The minimum absolute atomic E-state index is 0.0611. The molecule has 4 aromatic rings. The monoisotopic (exact) mass is 653 g/mol. The molecule has 0 spiro atoms. The molecule has 1 fully saturated rings. The zero-order valence-electron chi connectivity index (χ0n) is 25.8. The van der Waals surface area contributed by atoms with E-state index in [1.807, 2.05) is 65.6 Å². The molecule has 1 unspecified atom stereocenters. The molecule has 1 saturated heterocycles. The lowest BCUT2D eigenvalue weighted by molar-refractivity contribution is -0.192. The van der Waals surface area contributed by atoms with Crippen LogP contribution in [0.3, 0.4) is 0 Å². The van der Waals surface area contributed by atoms with Crippen LogP contribution in [-0.2, 0) is 14.4 Å². The summed E-state index contributed by atoms with van der Waals surface area (Å²) in [6.45, 7) is 2.11. The normalized spacial score (nSPS) is 14.9. The molecule has 0 saturated carbocycles. The summed E-state index contributed by atoms with van der Waals surface area (Å²) in [5.74, 6) is -1.38. The van der Waals surface area contributed by atoms with Gasteiger partial charge in [0.2, 0.25) is 11.8 Å². The summed E-state index contributed by atoms with van der Waals surface area (Å²) in [6, 6.07) is 20.1. The second-order valence-electron chi connectivity index (χ2n) is 10.6. The van der Waals surface area contributed by atoms with Gasteiger partial charge in [0.05, 0.1) is 20.3 Å². The highest BCUT2D eigenvalue weighted by Crippen LogP contribution is 2.38. The highest BCUT2D eigenvalue weighted by molar-refractivity contribution is 5.94.